The third-order valence-corrected chi connectivity index (χ3v) is 5.18. The van der Waals surface area contributed by atoms with E-state index in [0.717, 1.165) is 13.1 Å². The fourth-order valence-electron chi connectivity index (χ4n) is 3.88. The van der Waals surface area contributed by atoms with E-state index in [1.54, 1.807) is 29.2 Å². The normalized spacial score (nSPS) is 24.3. The van der Waals surface area contributed by atoms with E-state index in [9.17, 15) is 14.7 Å². The lowest BCUT2D eigenvalue weighted by Gasteiger charge is -2.28. The molecule has 2 saturated heterocycles. The van der Waals surface area contributed by atoms with Gasteiger partial charge in [-0.1, -0.05) is 12.1 Å². The molecule has 1 N–H and O–H groups in total. The smallest absolute Gasteiger partial charge is 0.289 e. The predicted octanol–water partition coefficient (Wildman–Crippen LogP) is 1.47. The zero-order valence-electron chi connectivity index (χ0n) is 14.1. The first kappa shape index (κ1) is 16.3. The van der Waals surface area contributed by atoms with Crippen LogP contribution in [0.15, 0.2) is 39.5 Å². The molecule has 2 fully saturated rings. The molecule has 3 heterocycles. The van der Waals surface area contributed by atoms with Gasteiger partial charge in [0.1, 0.15) is 5.58 Å². The minimum Gasteiger partial charge on any atom is -0.451 e. The monoisotopic (exact) mass is 342 g/mol. The Hall–Kier alpha value is -2.18. The van der Waals surface area contributed by atoms with Gasteiger partial charge in [0.2, 0.25) is 0 Å². The molecule has 0 radical (unpaired) electrons. The first-order chi connectivity index (χ1) is 12.0. The second-order valence-corrected chi connectivity index (χ2v) is 7.16. The molecule has 6 heteroatoms. The molecule has 2 aliphatic heterocycles. The first-order valence-electron chi connectivity index (χ1n) is 8.81. The van der Waals surface area contributed by atoms with Crippen molar-refractivity contribution in [1.29, 1.82) is 0 Å². The average Bonchev–Trinajstić information content (AvgIpc) is 3.24. The fourth-order valence-corrected chi connectivity index (χ4v) is 3.88. The second-order valence-electron chi connectivity index (χ2n) is 7.16. The summed E-state index contributed by atoms with van der Waals surface area (Å²) in [6.07, 6.45) is 2.88. The summed E-state index contributed by atoms with van der Waals surface area (Å²) < 4.78 is 5.64. The third-order valence-electron chi connectivity index (χ3n) is 5.18. The summed E-state index contributed by atoms with van der Waals surface area (Å²) in [7, 11) is 0. The largest absolute Gasteiger partial charge is 0.451 e. The van der Waals surface area contributed by atoms with Crippen molar-refractivity contribution in [3.63, 3.8) is 0 Å². The van der Waals surface area contributed by atoms with Crippen LogP contribution in [0.25, 0.3) is 11.0 Å². The van der Waals surface area contributed by atoms with E-state index < -0.39 is 5.60 Å². The van der Waals surface area contributed by atoms with Crippen LogP contribution in [0.2, 0.25) is 0 Å². The number of fused-ring (bicyclic) bond motifs is 1. The van der Waals surface area contributed by atoms with Crippen LogP contribution < -0.4 is 5.43 Å². The molecule has 1 aromatic heterocycles. The number of para-hydroxylation sites is 1. The summed E-state index contributed by atoms with van der Waals surface area (Å²) in [6, 6.07) is 8.15. The Morgan fingerprint density at radius 2 is 1.96 bits per heavy atom. The molecule has 0 bridgehead atoms. The SMILES string of the molecule is O=C(c1cc(=O)c2ccccc2o1)N1CCC(O)(CN2CCCC2)C1. The lowest BCUT2D eigenvalue weighted by molar-refractivity contribution is 0.0171. The molecule has 25 heavy (non-hydrogen) atoms. The number of benzene rings is 1. The van der Waals surface area contributed by atoms with Crippen molar-refractivity contribution in [3.8, 4) is 0 Å². The molecule has 0 saturated carbocycles. The molecule has 0 aliphatic carbocycles. The Morgan fingerprint density at radius 1 is 1.20 bits per heavy atom. The van der Waals surface area contributed by atoms with Crippen molar-refractivity contribution in [1.82, 2.24) is 9.80 Å². The predicted molar refractivity (Wildman–Crippen MR) is 93.6 cm³/mol. The fraction of sp³-hybridized carbons (Fsp3) is 0.474. The van der Waals surface area contributed by atoms with Crippen molar-refractivity contribution in [2.75, 3.05) is 32.7 Å². The molecule has 1 amide bonds. The van der Waals surface area contributed by atoms with E-state index in [1.807, 2.05) is 0 Å². The Balaban J connectivity index is 1.52. The maximum atomic E-state index is 12.7. The van der Waals surface area contributed by atoms with Gasteiger partial charge in [-0.05, 0) is 44.5 Å². The number of carbonyl (C=O) groups excluding carboxylic acids is 1. The van der Waals surface area contributed by atoms with Crippen molar-refractivity contribution in [2.45, 2.75) is 24.9 Å². The van der Waals surface area contributed by atoms with Gasteiger partial charge in [0.25, 0.3) is 5.91 Å². The molecule has 2 aromatic rings. The van der Waals surface area contributed by atoms with E-state index in [-0.39, 0.29) is 23.6 Å². The van der Waals surface area contributed by atoms with E-state index in [1.165, 1.54) is 18.9 Å². The molecular weight excluding hydrogens is 320 g/mol. The van der Waals surface area contributed by atoms with Crippen LogP contribution in [0.3, 0.4) is 0 Å². The molecule has 1 atom stereocenters. The standard InChI is InChI=1S/C19H22N2O4/c22-15-11-17(25-16-6-2-1-5-14(15)16)18(23)21-10-7-19(24,13-21)12-20-8-3-4-9-20/h1-2,5-6,11,24H,3-4,7-10,12-13H2. The molecular formula is C19H22N2O4. The van der Waals surface area contributed by atoms with Gasteiger partial charge in [0.15, 0.2) is 11.2 Å². The molecule has 1 aromatic carbocycles. The van der Waals surface area contributed by atoms with Gasteiger partial charge < -0.3 is 19.3 Å². The van der Waals surface area contributed by atoms with Gasteiger partial charge in [-0.25, -0.2) is 0 Å². The number of hydrogen-bond acceptors (Lipinski definition) is 5. The number of amides is 1. The average molecular weight is 342 g/mol. The minimum atomic E-state index is -0.878. The van der Waals surface area contributed by atoms with E-state index in [0.29, 0.717) is 30.5 Å². The highest BCUT2D eigenvalue weighted by Crippen LogP contribution is 2.26. The number of likely N-dealkylation sites (tertiary alicyclic amines) is 2. The van der Waals surface area contributed by atoms with Gasteiger partial charge in [0, 0.05) is 19.2 Å². The molecule has 4 rings (SSSR count). The van der Waals surface area contributed by atoms with Gasteiger partial charge >= 0.3 is 0 Å². The lowest BCUT2D eigenvalue weighted by atomic mass is 10.0. The maximum absolute atomic E-state index is 12.7. The zero-order valence-corrected chi connectivity index (χ0v) is 14.1. The number of hydrogen-bond donors (Lipinski definition) is 1. The Kier molecular flexibility index (Phi) is 4.09. The van der Waals surface area contributed by atoms with E-state index in [4.69, 9.17) is 4.42 Å². The summed E-state index contributed by atoms with van der Waals surface area (Å²) in [5.74, 6) is -0.297. The van der Waals surface area contributed by atoms with Gasteiger partial charge in [-0.15, -0.1) is 0 Å². The van der Waals surface area contributed by atoms with Crippen molar-refractivity contribution < 1.29 is 14.3 Å². The van der Waals surface area contributed by atoms with Crippen molar-refractivity contribution in [3.05, 3.63) is 46.3 Å². The summed E-state index contributed by atoms with van der Waals surface area (Å²) in [5.41, 5.74) is -0.696. The van der Waals surface area contributed by atoms with Crippen LogP contribution in [0.1, 0.15) is 29.8 Å². The Labute approximate surface area is 145 Å². The van der Waals surface area contributed by atoms with E-state index >= 15 is 0 Å². The van der Waals surface area contributed by atoms with Gasteiger partial charge in [-0.2, -0.15) is 0 Å². The van der Waals surface area contributed by atoms with E-state index in [2.05, 4.69) is 4.90 Å². The Bertz CT molecular complexity index is 856. The number of rotatable bonds is 3. The lowest BCUT2D eigenvalue weighted by Crippen LogP contribution is -2.45. The number of aliphatic hydroxyl groups is 1. The Morgan fingerprint density at radius 3 is 2.76 bits per heavy atom. The summed E-state index contributed by atoms with van der Waals surface area (Å²) in [6.45, 7) is 3.36. The molecule has 1 unspecified atom stereocenters. The quantitative estimate of drug-likeness (QED) is 0.914. The van der Waals surface area contributed by atoms with Crippen LogP contribution in [0.5, 0.6) is 0 Å². The first-order valence-corrected chi connectivity index (χ1v) is 8.81. The molecule has 2 aliphatic rings. The molecule has 6 nitrogen and oxygen atoms in total. The third kappa shape index (κ3) is 3.19. The molecule has 132 valence electrons. The van der Waals surface area contributed by atoms with Crippen LogP contribution in [0.4, 0.5) is 0 Å². The minimum absolute atomic E-state index is 0.0362. The van der Waals surface area contributed by atoms with Crippen LogP contribution in [-0.4, -0.2) is 59.1 Å². The number of nitrogens with zero attached hydrogens (tertiary/aromatic N) is 2. The highest BCUT2D eigenvalue weighted by atomic mass is 16.3. The summed E-state index contributed by atoms with van der Waals surface area (Å²) >= 11 is 0. The van der Waals surface area contributed by atoms with Crippen LogP contribution in [-0.2, 0) is 0 Å². The maximum Gasteiger partial charge on any atom is 0.289 e. The van der Waals surface area contributed by atoms with Crippen molar-refractivity contribution in [2.24, 2.45) is 0 Å². The second kappa shape index (κ2) is 6.28. The molecule has 0 spiro atoms. The highest BCUT2D eigenvalue weighted by Gasteiger charge is 2.40. The highest BCUT2D eigenvalue weighted by molar-refractivity contribution is 5.93. The number of β-amino-alcohol motifs (C(OH)–C–C–N with tert-alkyl or cyclic N) is 1. The van der Waals surface area contributed by atoms with Gasteiger partial charge in [0.05, 0.1) is 17.5 Å². The summed E-state index contributed by atoms with van der Waals surface area (Å²) in [5, 5.41) is 11.3. The topological polar surface area (TPSA) is 74.0 Å². The zero-order chi connectivity index (χ0) is 17.4. The van der Waals surface area contributed by atoms with Gasteiger partial charge in [-0.3, -0.25) is 9.59 Å². The number of carbonyl (C=O) groups is 1. The van der Waals surface area contributed by atoms with Crippen molar-refractivity contribution >= 4 is 16.9 Å². The van der Waals surface area contributed by atoms with Crippen LogP contribution >= 0.6 is 0 Å². The van der Waals surface area contributed by atoms with Crippen LogP contribution in [0, 0.1) is 0 Å². The summed E-state index contributed by atoms with van der Waals surface area (Å²) in [4.78, 5) is 28.8.